The first-order valence-electron chi connectivity index (χ1n) is 6.28. The number of sulfonamides is 1. The van der Waals surface area contributed by atoms with Gasteiger partial charge in [-0.05, 0) is 17.4 Å². The fourth-order valence-corrected chi connectivity index (χ4v) is 4.24. The third-order valence-corrected chi connectivity index (χ3v) is 5.41. The maximum absolute atomic E-state index is 12.0. The van der Waals surface area contributed by atoms with Crippen LogP contribution in [-0.2, 0) is 16.4 Å². The monoisotopic (exact) mass is 319 g/mol. The van der Waals surface area contributed by atoms with Crippen molar-refractivity contribution in [3.05, 3.63) is 59.4 Å². The van der Waals surface area contributed by atoms with Crippen LogP contribution in [0.1, 0.15) is 16.4 Å². The van der Waals surface area contributed by atoms with Gasteiger partial charge in [0.2, 0.25) is 10.0 Å². The average Bonchev–Trinajstić information content (AvgIpc) is 2.88. The van der Waals surface area contributed by atoms with E-state index in [1.165, 1.54) is 17.7 Å². The molecule has 3 aromatic rings. The van der Waals surface area contributed by atoms with Crippen molar-refractivity contribution in [1.82, 2.24) is 9.97 Å². The lowest BCUT2D eigenvalue weighted by atomic mass is 10.1. The van der Waals surface area contributed by atoms with E-state index in [0.717, 1.165) is 10.3 Å². The summed E-state index contributed by atoms with van der Waals surface area (Å²) in [6, 6.07) is 9.43. The lowest BCUT2D eigenvalue weighted by Gasteiger charge is -2.14. The molecular weight excluding hydrogens is 306 g/mol. The van der Waals surface area contributed by atoms with Gasteiger partial charge in [-0.3, -0.25) is 0 Å². The molecule has 0 saturated heterocycles. The normalized spacial score (nSPS) is 13.4. The molecule has 0 amide bonds. The van der Waals surface area contributed by atoms with Gasteiger partial charge in [0.25, 0.3) is 0 Å². The molecule has 108 valence electrons. The van der Waals surface area contributed by atoms with Gasteiger partial charge in [0.05, 0.1) is 10.2 Å². The van der Waals surface area contributed by atoms with Gasteiger partial charge in [-0.2, -0.15) is 0 Å². The molecule has 1 atom stereocenters. The molecule has 7 heteroatoms. The van der Waals surface area contributed by atoms with Crippen LogP contribution in [0.2, 0.25) is 0 Å². The maximum atomic E-state index is 12.0. The third-order valence-electron chi connectivity index (χ3n) is 3.27. The van der Waals surface area contributed by atoms with E-state index >= 15 is 0 Å². The van der Waals surface area contributed by atoms with Gasteiger partial charge in [-0.1, -0.05) is 30.3 Å². The van der Waals surface area contributed by atoms with Crippen molar-refractivity contribution in [3.8, 4) is 0 Å². The molecule has 0 spiro atoms. The molecule has 0 radical (unpaired) electrons. The lowest BCUT2D eigenvalue weighted by Crippen LogP contribution is -2.23. The zero-order valence-corrected chi connectivity index (χ0v) is 12.6. The Morgan fingerprint density at radius 1 is 1.24 bits per heavy atom. The SMILES string of the molecule is NS(=O)(=O)C(Cc1ccccc1)c1csc2cncnc12. The van der Waals surface area contributed by atoms with E-state index in [9.17, 15) is 8.42 Å². The van der Waals surface area contributed by atoms with Crippen LogP contribution in [0, 0.1) is 0 Å². The van der Waals surface area contributed by atoms with E-state index in [-0.39, 0.29) is 0 Å². The Kier molecular flexibility index (Phi) is 3.71. The zero-order chi connectivity index (χ0) is 14.9. The predicted molar refractivity (Wildman–Crippen MR) is 83.4 cm³/mol. The largest absolute Gasteiger partial charge is 0.243 e. The Bertz CT molecular complexity index is 860. The molecule has 21 heavy (non-hydrogen) atoms. The first-order chi connectivity index (χ1) is 10.1. The van der Waals surface area contributed by atoms with Crippen molar-refractivity contribution < 1.29 is 8.42 Å². The first-order valence-corrected chi connectivity index (χ1v) is 8.77. The smallest absolute Gasteiger partial charge is 0.216 e. The second kappa shape index (κ2) is 5.51. The fraction of sp³-hybridized carbons (Fsp3) is 0.143. The van der Waals surface area contributed by atoms with Crippen molar-refractivity contribution in [3.63, 3.8) is 0 Å². The van der Waals surface area contributed by atoms with E-state index in [1.54, 1.807) is 11.6 Å². The van der Waals surface area contributed by atoms with Gasteiger partial charge in [0.1, 0.15) is 11.6 Å². The minimum atomic E-state index is -3.73. The van der Waals surface area contributed by atoms with Gasteiger partial charge in [0.15, 0.2) is 0 Å². The van der Waals surface area contributed by atoms with E-state index in [4.69, 9.17) is 5.14 Å². The van der Waals surface area contributed by atoms with Crippen molar-refractivity contribution in [2.75, 3.05) is 0 Å². The molecular formula is C14H13N3O2S2. The van der Waals surface area contributed by atoms with Crippen LogP contribution in [0.3, 0.4) is 0 Å². The van der Waals surface area contributed by atoms with Gasteiger partial charge in [-0.15, -0.1) is 11.3 Å². The Balaban J connectivity index is 2.08. The highest BCUT2D eigenvalue weighted by Crippen LogP contribution is 2.33. The highest BCUT2D eigenvalue weighted by atomic mass is 32.2. The maximum Gasteiger partial charge on any atom is 0.216 e. The molecule has 0 fully saturated rings. The summed E-state index contributed by atoms with van der Waals surface area (Å²) in [6.45, 7) is 0. The van der Waals surface area contributed by atoms with Crippen LogP contribution in [0.15, 0.2) is 48.2 Å². The Morgan fingerprint density at radius 3 is 2.71 bits per heavy atom. The van der Waals surface area contributed by atoms with Crippen LogP contribution in [0.25, 0.3) is 10.2 Å². The number of fused-ring (bicyclic) bond motifs is 1. The minimum absolute atomic E-state index is 0.329. The van der Waals surface area contributed by atoms with Crippen LogP contribution in [-0.4, -0.2) is 18.4 Å². The minimum Gasteiger partial charge on any atom is -0.243 e. The quantitative estimate of drug-likeness (QED) is 0.799. The van der Waals surface area contributed by atoms with Gasteiger partial charge >= 0.3 is 0 Å². The zero-order valence-electron chi connectivity index (χ0n) is 11.0. The number of nitrogens with two attached hydrogens (primary N) is 1. The Hall–Kier alpha value is -1.83. The van der Waals surface area contributed by atoms with Crippen LogP contribution < -0.4 is 5.14 Å². The standard InChI is InChI=1S/C14H13N3O2S2/c15-21(18,19)13(6-10-4-2-1-3-5-10)11-8-20-12-7-16-9-17-14(11)12/h1-5,7-9,13H,6H2,(H2,15,18,19). The Morgan fingerprint density at radius 2 is 2.00 bits per heavy atom. The molecule has 1 unspecified atom stereocenters. The van der Waals surface area contributed by atoms with Crippen molar-refractivity contribution in [2.45, 2.75) is 11.7 Å². The highest BCUT2D eigenvalue weighted by molar-refractivity contribution is 7.89. The summed E-state index contributed by atoms with van der Waals surface area (Å²) >= 11 is 1.42. The van der Waals surface area contributed by atoms with E-state index in [0.29, 0.717) is 17.5 Å². The molecule has 2 N–H and O–H groups in total. The molecule has 0 saturated carbocycles. The summed E-state index contributed by atoms with van der Waals surface area (Å²) in [5.41, 5.74) is 2.22. The summed E-state index contributed by atoms with van der Waals surface area (Å²) in [7, 11) is -3.73. The summed E-state index contributed by atoms with van der Waals surface area (Å²) in [5, 5.41) is 6.44. The van der Waals surface area contributed by atoms with Gasteiger partial charge in [-0.25, -0.2) is 23.5 Å². The molecule has 1 aromatic carbocycles. The number of rotatable bonds is 4. The second-order valence-electron chi connectivity index (χ2n) is 4.69. The summed E-state index contributed by atoms with van der Waals surface area (Å²) in [6.07, 6.45) is 3.43. The molecule has 0 aliphatic heterocycles. The van der Waals surface area contributed by atoms with Crippen LogP contribution in [0.5, 0.6) is 0 Å². The van der Waals surface area contributed by atoms with Crippen LogP contribution >= 0.6 is 11.3 Å². The number of primary sulfonamides is 1. The van der Waals surface area contributed by atoms with Gasteiger partial charge in [0, 0.05) is 11.8 Å². The number of hydrogen-bond donors (Lipinski definition) is 1. The molecule has 0 aliphatic rings. The predicted octanol–water partition coefficient (Wildman–Crippen LogP) is 2.26. The van der Waals surface area contributed by atoms with E-state index in [2.05, 4.69) is 9.97 Å². The van der Waals surface area contributed by atoms with Crippen LogP contribution in [0.4, 0.5) is 0 Å². The number of hydrogen-bond acceptors (Lipinski definition) is 5. The second-order valence-corrected chi connectivity index (χ2v) is 7.35. The topological polar surface area (TPSA) is 85.9 Å². The molecule has 5 nitrogen and oxygen atoms in total. The van der Waals surface area contributed by atoms with Crippen molar-refractivity contribution >= 4 is 31.6 Å². The number of aromatic nitrogens is 2. The van der Waals surface area contributed by atoms with Gasteiger partial charge < -0.3 is 0 Å². The number of thiophene rings is 1. The molecule has 0 aliphatic carbocycles. The summed E-state index contributed by atoms with van der Waals surface area (Å²) in [4.78, 5) is 8.15. The molecule has 0 bridgehead atoms. The summed E-state index contributed by atoms with van der Waals surface area (Å²) in [5.74, 6) is 0. The van der Waals surface area contributed by atoms with Crippen molar-refractivity contribution in [1.29, 1.82) is 0 Å². The van der Waals surface area contributed by atoms with E-state index < -0.39 is 15.3 Å². The number of benzene rings is 1. The summed E-state index contributed by atoms with van der Waals surface area (Å²) < 4.78 is 24.9. The lowest BCUT2D eigenvalue weighted by molar-refractivity contribution is 0.583. The molecule has 2 heterocycles. The molecule has 3 rings (SSSR count). The molecule has 2 aromatic heterocycles. The number of nitrogens with zero attached hydrogens (tertiary/aromatic N) is 2. The highest BCUT2D eigenvalue weighted by Gasteiger charge is 2.27. The average molecular weight is 319 g/mol. The van der Waals surface area contributed by atoms with E-state index in [1.807, 2.05) is 30.3 Å². The Labute approximate surface area is 126 Å². The first kappa shape index (κ1) is 14.1. The fourth-order valence-electron chi connectivity index (χ4n) is 2.26. The third kappa shape index (κ3) is 2.94. The van der Waals surface area contributed by atoms with Crippen molar-refractivity contribution in [2.24, 2.45) is 5.14 Å².